The van der Waals surface area contributed by atoms with Crippen molar-refractivity contribution in [3.63, 3.8) is 0 Å². The molecule has 0 aliphatic carbocycles. The minimum absolute atomic E-state index is 0.482. The van der Waals surface area contributed by atoms with Crippen LogP contribution >= 0.6 is 0 Å². The van der Waals surface area contributed by atoms with E-state index in [1.165, 1.54) is 22.6 Å². The topological polar surface area (TPSA) is 19.4 Å². The van der Waals surface area contributed by atoms with Crippen molar-refractivity contribution in [1.82, 2.24) is 4.98 Å². The minimum Gasteiger partial charge on any atom is -0.349 e. The van der Waals surface area contributed by atoms with Gasteiger partial charge in [-0.1, -0.05) is 12.1 Å². The first-order chi connectivity index (χ1) is 9.99. The Balaban J connectivity index is 2.13. The van der Waals surface area contributed by atoms with Crippen LogP contribution in [0.3, 0.4) is 0 Å². The normalized spacial score (nSPS) is 14.0. The van der Waals surface area contributed by atoms with Gasteiger partial charge in [-0.2, -0.15) is 0 Å². The van der Waals surface area contributed by atoms with Crippen LogP contribution in [0.1, 0.15) is 30.8 Å². The molecule has 0 radical (unpaired) electrons. The van der Waals surface area contributed by atoms with E-state index in [-0.39, 0.29) is 0 Å². The Hall–Kier alpha value is -2.03. The lowest BCUT2D eigenvalue weighted by Gasteiger charge is -2.26. The van der Waals surface area contributed by atoms with E-state index in [9.17, 15) is 0 Å². The number of pyridine rings is 1. The van der Waals surface area contributed by atoms with Crippen molar-refractivity contribution < 1.29 is 0 Å². The molecule has 0 saturated heterocycles. The number of aromatic nitrogens is 1. The van der Waals surface area contributed by atoms with E-state index in [1.807, 2.05) is 0 Å². The molecule has 0 amide bonds. The number of fused-ring (bicyclic) bond motifs is 1. The van der Waals surface area contributed by atoms with Gasteiger partial charge in [0.2, 0.25) is 0 Å². The fraction of sp³-hybridized carbons (Fsp3) is 0.389. The maximum Gasteiger partial charge on any atom is 0.0956 e. The van der Waals surface area contributed by atoms with E-state index in [2.05, 4.69) is 79.7 Å². The number of hydrogen-bond acceptors (Lipinski definition) is 3. The Bertz CT molecular complexity index is 653. The summed E-state index contributed by atoms with van der Waals surface area (Å²) in [5.41, 5.74) is 7.32. The largest absolute Gasteiger partial charge is 0.349 e. The molecule has 2 aromatic rings. The van der Waals surface area contributed by atoms with Gasteiger partial charge in [0, 0.05) is 11.7 Å². The highest BCUT2D eigenvalue weighted by Crippen LogP contribution is 2.43. The number of anilines is 3. The molecule has 3 rings (SSSR count). The highest BCUT2D eigenvalue weighted by Gasteiger charge is 2.29. The van der Waals surface area contributed by atoms with Crippen LogP contribution < -0.4 is 9.80 Å². The second-order valence-corrected chi connectivity index (χ2v) is 6.14. The number of benzene rings is 1. The molecule has 0 atom stereocenters. The first-order valence-corrected chi connectivity index (χ1v) is 7.57. The number of para-hydroxylation sites is 2. The van der Waals surface area contributed by atoms with Crippen LogP contribution in [0.15, 0.2) is 30.3 Å². The molecule has 0 fully saturated rings. The van der Waals surface area contributed by atoms with Crippen molar-refractivity contribution in [2.45, 2.75) is 40.7 Å². The molecule has 0 bridgehead atoms. The van der Waals surface area contributed by atoms with Crippen LogP contribution in [0.5, 0.6) is 0 Å². The fourth-order valence-electron chi connectivity index (χ4n) is 3.30. The van der Waals surface area contributed by atoms with Gasteiger partial charge in [0.05, 0.1) is 29.4 Å². The predicted octanol–water partition coefficient (Wildman–Crippen LogP) is 4.33. The van der Waals surface area contributed by atoms with Gasteiger partial charge < -0.3 is 9.80 Å². The lowest BCUT2D eigenvalue weighted by atomic mass is 10.1. The highest BCUT2D eigenvalue weighted by molar-refractivity contribution is 5.84. The molecule has 1 aromatic heterocycles. The highest BCUT2D eigenvalue weighted by atomic mass is 15.4. The van der Waals surface area contributed by atoms with Gasteiger partial charge in [0.1, 0.15) is 0 Å². The third-order valence-electron chi connectivity index (χ3n) is 4.15. The summed E-state index contributed by atoms with van der Waals surface area (Å²) >= 11 is 0. The second-order valence-electron chi connectivity index (χ2n) is 6.14. The van der Waals surface area contributed by atoms with Crippen LogP contribution in [0.4, 0.5) is 17.1 Å². The van der Waals surface area contributed by atoms with E-state index in [0.29, 0.717) is 6.04 Å². The Morgan fingerprint density at radius 1 is 1.05 bits per heavy atom. The van der Waals surface area contributed by atoms with Crippen LogP contribution in [0.25, 0.3) is 0 Å². The zero-order valence-electron chi connectivity index (χ0n) is 13.5. The van der Waals surface area contributed by atoms with Crippen LogP contribution in [-0.2, 0) is 0 Å². The molecule has 2 heterocycles. The number of nitrogens with zero attached hydrogens (tertiary/aromatic N) is 3. The van der Waals surface area contributed by atoms with Crippen LogP contribution in [0.2, 0.25) is 0 Å². The standard InChI is InChI=1S/C18H23N3/c1-12(2)20-11-21(17-9-7-6-8-16(17)20)18-13(3)10-14(4)19-15(18)5/h6-10,12H,11H2,1-5H3. The number of aryl methyl sites for hydroxylation is 3. The molecular weight excluding hydrogens is 258 g/mol. The third-order valence-corrected chi connectivity index (χ3v) is 4.15. The summed E-state index contributed by atoms with van der Waals surface area (Å²) in [6.45, 7) is 11.7. The molecule has 0 saturated carbocycles. The molecule has 1 aliphatic rings. The van der Waals surface area contributed by atoms with Gasteiger partial charge in [0.15, 0.2) is 0 Å². The van der Waals surface area contributed by atoms with Gasteiger partial charge in [-0.25, -0.2) is 0 Å². The van der Waals surface area contributed by atoms with Gasteiger partial charge >= 0.3 is 0 Å². The van der Waals surface area contributed by atoms with E-state index < -0.39 is 0 Å². The van der Waals surface area contributed by atoms with E-state index in [4.69, 9.17) is 0 Å². The lowest BCUT2D eigenvalue weighted by Crippen LogP contribution is -2.34. The first kappa shape index (κ1) is 13.9. The molecule has 0 N–H and O–H groups in total. The summed E-state index contributed by atoms with van der Waals surface area (Å²) in [6, 6.07) is 11.3. The molecule has 110 valence electrons. The van der Waals surface area contributed by atoms with Gasteiger partial charge in [-0.15, -0.1) is 0 Å². The Kier molecular flexibility index (Phi) is 3.36. The summed E-state index contributed by atoms with van der Waals surface area (Å²) in [7, 11) is 0. The van der Waals surface area contributed by atoms with E-state index >= 15 is 0 Å². The van der Waals surface area contributed by atoms with Crippen LogP contribution in [-0.4, -0.2) is 17.7 Å². The average Bonchev–Trinajstić information content (AvgIpc) is 2.78. The molecule has 21 heavy (non-hydrogen) atoms. The van der Waals surface area contributed by atoms with E-state index in [1.54, 1.807) is 0 Å². The van der Waals surface area contributed by atoms with Crippen molar-refractivity contribution >= 4 is 17.1 Å². The first-order valence-electron chi connectivity index (χ1n) is 7.57. The smallest absolute Gasteiger partial charge is 0.0956 e. The van der Waals surface area contributed by atoms with Crippen molar-refractivity contribution in [3.05, 3.63) is 47.3 Å². The summed E-state index contributed by atoms with van der Waals surface area (Å²) in [6.07, 6.45) is 0. The number of rotatable bonds is 2. The maximum atomic E-state index is 4.66. The molecule has 0 spiro atoms. The average molecular weight is 281 g/mol. The van der Waals surface area contributed by atoms with Gasteiger partial charge in [-0.3, -0.25) is 4.98 Å². The molecule has 1 aliphatic heterocycles. The van der Waals surface area contributed by atoms with Crippen molar-refractivity contribution in [2.24, 2.45) is 0 Å². The lowest BCUT2D eigenvalue weighted by molar-refractivity contribution is 0.708. The molecule has 3 nitrogen and oxygen atoms in total. The maximum absolute atomic E-state index is 4.66. The SMILES string of the molecule is Cc1cc(C)c(N2CN(C(C)C)c3ccccc32)c(C)n1. The Morgan fingerprint density at radius 3 is 2.33 bits per heavy atom. The zero-order valence-corrected chi connectivity index (χ0v) is 13.5. The van der Waals surface area contributed by atoms with Gasteiger partial charge in [-0.05, 0) is 58.4 Å². The zero-order chi connectivity index (χ0) is 15.1. The predicted molar refractivity (Wildman–Crippen MR) is 89.5 cm³/mol. The van der Waals surface area contributed by atoms with E-state index in [0.717, 1.165) is 18.1 Å². The number of hydrogen-bond donors (Lipinski definition) is 0. The molecule has 3 heteroatoms. The summed E-state index contributed by atoms with van der Waals surface area (Å²) in [5, 5.41) is 0. The summed E-state index contributed by atoms with van der Waals surface area (Å²) < 4.78 is 0. The summed E-state index contributed by atoms with van der Waals surface area (Å²) in [5.74, 6) is 0. The molecular formula is C18H23N3. The van der Waals surface area contributed by atoms with Crippen molar-refractivity contribution in [2.75, 3.05) is 16.5 Å². The van der Waals surface area contributed by atoms with Crippen molar-refractivity contribution in [1.29, 1.82) is 0 Å². The third kappa shape index (κ3) is 2.27. The molecule has 0 unspecified atom stereocenters. The molecule has 1 aromatic carbocycles. The quantitative estimate of drug-likeness (QED) is 0.816. The van der Waals surface area contributed by atoms with Crippen molar-refractivity contribution in [3.8, 4) is 0 Å². The fourth-order valence-corrected chi connectivity index (χ4v) is 3.30. The minimum atomic E-state index is 0.482. The second kappa shape index (κ2) is 5.06. The van der Waals surface area contributed by atoms with Gasteiger partial charge in [0.25, 0.3) is 0 Å². The van der Waals surface area contributed by atoms with Crippen LogP contribution in [0, 0.1) is 20.8 Å². The monoisotopic (exact) mass is 281 g/mol. The Morgan fingerprint density at radius 2 is 1.71 bits per heavy atom. The summed E-state index contributed by atoms with van der Waals surface area (Å²) in [4.78, 5) is 9.50. The Labute approximate surface area is 127 Å².